The van der Waals surface area contributed by atoms with Gasteiger partial charge in [0.15, 0.2) is 0 Å². The lowest BCUT2D eigenvalue weighted by Crippen LogP contribution is -2.50. The normalized spacial score (nSPS) is 24.0. The van der Waals surface area contributed by atoms with E-state index in [-0.39, 0.29) is 12.5 Å². The Morgan fingerprint density at radius 2 is 2.39 bits per heavy atom. The minimum atomic E-state index is -0.826. The van der Waals surface area contributed by atoms with Gasteiger partial charge in [0.2, 0.25) is 5.91 Å². The first kappa shape index (κ1) is 12.8. The predicted octanol–water partition coefficient (Wildman–Crippen LogP) is -0.383. The largest absolute Gasteiger partial charge is 0.388 e. The molecule has 1 fully saturated rings. The van der Waals surface area contributed by atoms with E-state index in [0.29, 0.717) is 19.5 Å². The molecule has 2 heterocycles. The molecule has 18 heavy (non-hydrogen) atoms. The second kappa shape index (κ2) is 4.89. The molecule has 1 N–H and O–H groups in total. The summed E-state index contributed by atoms with van der Waals surface area (Å²) in [5.41, 5.74) is -1.26. The van der Waals surface area contributed by atoms with Crippen molar-refractivity contribution >= 4 is 5.91 Å². The summed E-state index contributed by atoms with van der Waals surface area (Å²) < 4.78 is 1.27. The highest BCUT2D eigenvalue weighted by Gasteiger charge is 2.30. The van der Waals surface area contributed by atoms with Crippen molar-refractivity contribution in [3.8, 4) is 0 Å². The number of hydrogen-bond donors (Lipinski definition) is 1. The van der Waals surface area contributed by atoms with E-state index in [9.17, 15) is 14.7 Å². The number of β-amino-alcohol motifs (C(OH)–C–C–N with tert-alkyl or cyclic N) is 1. The van der Waals surface area contributed by atoms with Crippen LogP contribution in [0.15, 0.2) is 23.3 Å². The maximum absolute atomic E-state index is 12.0. The van der Waals surface area contributed by atoms with Gasteiger partial charge in [-0.25, -0.2) is 9.78 Å². The molecule has 1 aromatic rings. The number of likely N-dealkylation sites (tertiary alicyclic amines) is 1. The van der Waals surface area contributed by atoms with Crippen LogP contribution in [0.5, 0.6) is 0 Å². The Bertz CT molecular complexity index is 495. The van der Waals surface area contributed by atoms with Crippen LogP contribution in [-0.2, 0) is 11.3 Å². The molecule has 1 amide bonds. The van der Waals surface area contributed by atoms with Gasteiger partial charge in [0, 0.05) is 25.5 Å². The third-order valence-corrected chi connectivity index (χ3v) is 3.12. The monoisotopic (exact) mass is 251 g/mol. The van der Waals surface area contributed by atoms with E-state index in [1.807, 2.05) is 0 Å². The number of nitrogens with zero attached hydrogens (tertiary/aromatic N) is 3. The van der Waals surface area contributed by atoms with Gasteiger partial charge in [-0.15, -0.1) is 0 Å². The summed E-state index contributed by atoms with van der Waals surface area (Å²) in [7, 11) is 0. The number of aromatic nitrogens is 2. The minimum absolute atomic E-state index is 0.0250. The van der Waals surface area contributed by atoms with E-state index >= 15 is 0 Å². The van der Waals surface area contributed by atoms with Crippen LogP contribution in [0.1, 0.15) is 19.8 Å². The van der Waals surface area contributed by atoms with Crippen molar-refractivity contribution < 1.29 is 9.90 Å². The molecule has 1 aromatic heterocycles. The van der Waals surface area contributed by atoms with E-state index in [1.165, 1.54) is 17.0 Å². The number of rotatable bonds is 2. The minimum Gasteiger partial charge on any atom is -0.388 e. The van der Waals surface area contributed by atoms with Crippen molar-refractivity contribution in [3.63, 3.8) is 0 Å². The highest BCUT2D eigenvalue weighted by atomic mass is 16.3. The zero-order valence-corrected chi connectivity index (χ0v) is 10.4. The molecular weight excluding hydrogens is 234 g/mol. The summed E-state index contributed by atoms with van der Waals surface area (Å²) in [5, 5.41) is 9.94. The molecule has 2 rings (SSSR count). The Hall–Kier alpha value is -1.69. The first-order chi connectivity index (χ1) is 8.48. The zero-order valence-electron chi connectivity index (χ0n) is 10.4. The van der Waals surface area contributed by atoms with Gasteiger partial charge in [0.25, 0.3) is 0 Å². The van der Waals surface area contributed by atoms with Crippen LogP contribution < -0.4 is 5.69 Å². The second-order valence-electron chi connectivity index (χ2n) is 4.95. The van der Waals surface area contributed by atoms with Crippen molar-refractivity contribution in [2.24, 2.45) is 0 Å². The SMILES string of the molecule is CC1(O)CCCN(C(=O)Cn2cccnc2=O)C1. The molecule has 0 saturated carbocycles. The molecule has 1 saturated heterocycles. The predicted molar refractivity (Wildman–Crippen MR) is 64.9 cm³/mol. The van der Waals surface area contributed by atoms with Crippen LogP contribution in [0, 0.1) is 0 Å². The van der Waals surface area contributed by atoms with Gasteiger partial charge in [0.05, 0.1) is 5.60 Å². The maximum atomic E-state index is 12.0. The Kier molecular flexibility index (Phi) is 3.47. The first-order valence-electron chi connectivity index (χ1n) is 6.00. The average Bonchev–Trinajstić information content (AvgIpc) is 2.31. The van der Waals surface area contributed by atoms with Crippen LogP contribution in [0.25, 0.3) is 0 Å². The molecule has 6 nitrogen and oxygen atoms in total. The fourth-order valence-corrected chi connectivity index (χ4v) is 2.19. The molecule has 1 unspecified atom stereocenters. The van der Waals surface area contributed by atoms with E-state index in [4.69, 9.17) is 0 Å². The van der Waals surface area contributed by atoms with E-state index in [2.05, 4.69) is 4.98 Å². The third kappa shape index (κ3) is 2.95. The molecule has 6 heteroatoms. The standard InChI is InChI=1S/C12H17N3O3/c1-12(18)4-2-6-15(9-12)10(16)8-14-7-3-5-13-11(14)17/h3,5,7,18H,2,4,6,8-9H2,1H3. The summed E-state index contributed by atoms with van der Waals surface area (Å²) in [6.45, 7) is 2.65. The number of hydrogen-bond acceptors (Lipinski definition) is 4. The summed E-state index contributed by atoms with van der Waals surface area (Å²) >= 11 is 0. The first-order valence-corrected chi connectivity index (χ1v) is 6.00. The Labute approximate surface area is 105 Å². The van der Waals surface area contributed by atoms with Crippen LogP contribution >= 0.6 is 0 Å². The van der Waals surface area contributed by atoms with Gasteiger partial charge in [-0.3, -0.25) is 9.36 Å². The molecule has 1 atom stereocenters. The van der Waals surface area contributed by atoms with Gasteiger partial charge >= 0.3 is 5.69 Å². The Balaban J connectivity index is 2.04. The molecule has 98 valence electrons. The molecule has 0 bridgehead atoms. The Morgan fingerprint density at radius 1 is 1.61 bits per heavy atom. The van der Waals surface area contributed by atoms with E-state index in [1.54, 1.807) is 17.9 Å². The second-order valence-corrected chi connectivity index (χ2v) is 4.95. The fourth-order valence-electron chi connectivity index (χ4n) is 2.19. The van der Waals surface area contributed by atoms with E-state index < -0.39 is 11.3 Å². The number of aliphatic hydroxyl groups is 1. The quantitative estimate of drug-likeness (QED) is 0.777. The van der Waals surface area contributed by atoms with Crippen molar-refractivity contribution in [2.45, 2.75) is 31.9 Å². The molecule has 0 radical (unpaired) electrons. The van der Waals surface area contributed by atoms with Crippen molar-refractivity contribution in [1.29, 1.82) is 0 Å². The highest BCUT2D eigenvalue weighted by Crippen LogP contribution is 2.20. The third-order valence-electron chi connectivity index (χ3n) is 3.12. The van der Waals surface area contributed by atoms with Gasteiger partial charge in [-0.1, -0.05) is 0 Å². The Morgan fingerprint density at radius 3 is 3.06 bits per heavy atom. The van der Waals surface area contributed by atoms with Crippen molar-refractivity contribution in [2.75, 3.05) is 13.1 Å². The number of carbonyl (C=O) groups is 1. The average molecular weight is 251 g/mol. The van der Waals surface area contributed by atoms with Crippen molar-refractivity contribution in [1.82, 2.24) is 14.5 Å². The zero-order chi connectivity index (χ0) is 13.2. The summed E-state index contributed by atoms with van der Waals surface area (Å²) in [6, 6.07) is 1.61. The molecule has 1 aliphatic heterocycles. The summed E-state index contributed by atoms with van der Waals surface area (Å²) in [6.07, 6.45) is 4.41. The maximum Gasteiger partial charge on any atom is 0.347 e. The van der Waals surface area contributed by atoms with Gasteiger partial charge in [-0.2, -0.15) is 0 Å². The van der Waals surface area contributed by atoms with Gasteiger partial charge < -0.3 is 10.0 Å². The smallest absolute Gasteiger partial charge is 0.347 e. The van der Waals surface area contributed by atoms with Crippen LogP contribution in [0.4, 0.5) is 0 Å². The lowest BCUT2D eigenvalue weighted by molar-refractivity contribution is -0.138. The number of piperidine rings is 1. The fraction of sp³-hybridized carbons (Fsp3) is 0.583. The van der Waals surface area contributed by atoms with Gasteiger partial charge in [0.1, 0.15) is 6.54 Å². The molecule has 0 spiro atoms. The van der Waals surface area contributed by atoms with E-state index in [0.717, 1.165) is 6.42 Å². The van der Waals surface area contributed by atoms with Gasteiger partial charge in [-0.05, 0) is 25.8 Å². The van der Waals surface area contributed by atoms with Crippen LogP contribution in [-0.4, -0.2) is 44.2 Å². The van der Waals surface area contributed by atoms with Crippen LogP contribution in [0.3, 0.4) is 0 Å². The summed E-state index contributed by atoms with van der Waals surface area (Å²) in [4.78, 5) is 28.6. The number of carbonyl (C=O) groups excluding carboxylic acids is 1. The lowest BCUT2D eigenvalue weighted by Gasteiger charge is -2.36. The topological polar surface area (TPSA) is 75.4 Å². The summed E-state index contributed by atoms with van der Waals surface area (Å²) in [5.74, 6) is -0.162. The lowest BCUT2D eigenvalue weighted by atomic mass is 9.95. The molecule has 0 aliphatic carbocycles. The molecule has 1 aliphatic rings. The molecule has 0 aromatic carbocycles. The highest BCUT2D eigenvalue weighted by molar-refractivity contribution is 5.76. The van der Waals surface area contributed by atoms with Crippen molar-refractivity contribution in [3.05, 3.63) is 28.9 Å². The molecular formula is C12H17N3O3. The number of amides is 1. The van der Waals surface area contributed by atoms with Crippen LogP contribution in [0.2, 0.25) is 0 Å².